The summed E-state index contributed by atoms with van der Waals surface area (Å²) in [6, 6.07) is 8.96. The zero-order valence-corrected chi connectivity index (χ0v) is 22.0. The fourth-order valence-corrected chi connectivity index (χ4v) is 4.60. The highest BCUT2D eigenvalue weighted by molar-refractivity contribution is 5.80. The highest BCUT2D eigenvalue weighted by Crippen LogP contribution is 2.24. The van der Waals surface area contributed by atoms with Gasteiger partial charge in [0, 0.05) is 18.2 Å². The number of piperidine rings is 1. The minimum absolute atomic E-state index is 0.0482. The van der Waals surface area contributed by atoms with Crippen LogP contribution < -0.4 is 20.3 Å². The number of nitrogens with zero attached hydrogens (tertiary/aromatic N) is 4. The molecule has 2 aromatic heterocycles. The van der Waals surface area contributed by atoms with Crippen LogP contribution in [0, 0.1) is 0 Å². The van der Waals surface area contributed by atoms with Gasteiger partial charge in [0.05, 0.1) is 24.8 Å². The minimum Gasteiger partial charge on any atom is -0.494 e. The summed E-state index contributed by atoms with van der Waals surface area (Å²) in [5.74, 6) is 1.28. The van der Waals surface area contributed by atoms with E-state index in [0.717, 1.165) is 26.1 Å². The van der Waals surface area contributed by atoms with Crippen molar-refractivity contribution in [2.75, 3.05) is 32.8 Å². The van der Waals surface area contributed by atoms with Gasteiger partial charge in [-0.25, -0.2) is 9.97 Å². The Bertz CT molecular complexity index is 1270. The molecule has 1 aromatic carbocycles. The molecule has 4 rings (SSSR count). The van der Waals surface area contributed by atoms with Crippen LogP contribution in [0.2, 0.25) is 0 Å². The van der Waals surface area contributed by atoms with Crippen LogP contribution in [0.25, 0.3) is 22.4 Å². The molecule has 0 atom stereocenters. The molecule has 1 fully saturated rings. The van der Waals surface area contributed by atoms with Crippen molar-refractivity contribution in [2.24, 2.45) is 0 Å². The molecule has 0 radical (unpaired) electrons. The smallest absolute Gasteiger partial charge is 0.263 e. The lowest BCUT2D eigenvalue weighted by molar-refractivity contribution is -0.122. The quantitative estimate of drug-likeness (QED) is 0.396. The van der Waals surface area contributed by atoms with Crippen LogP contribution in [-0.2, 0) is 11.3 Å². The fourth-order valence-electron chi connectivity index (χ4n) is 4.60. The molecule has 0 aliphatic carbocycles. The molecule has 198 valence electrons. The van der Waals surface area contributed by atoms with E-state index in [0.29, 0.717) is 47.1 Å². The molecular weight excluding hydrogens is 470 g/mol. The minimum atomic E-state index is -0.341. The zero-order chi connectivity index (χ0) is 26.2. The van der Waals surface area contributed by atoms with Gasteiger partial charge in [0.2, 0.25) is 5.91 Å². The van der Waals surface area contributed by atoms with Crippen molar-refractivity contribution in [3.8, 4) is 22.9 Å². The molecule has 1 aliphatic rings. The summed E-state index contributed by atoms with van der Waals surface area (Å²) in [4.78, 5) is 37.9. The molecule has 1 amide bonds. The number of amides is 1. The normalized spacial score (nSPS) is 14.2. The largest absolute Gasteiger partial charge is 0.494 e. The summed E-state index contributed by atoms with van der Waals surface area (Å²) >= 11 is 0. The average molecular weight is 508 g/mol. The number of likely N-dealkylation sites (tertiary alicyclic amines) is 1. The van der Waals surface area contributed by atoms with Crippen molar-refractivity contribution < 1.29 is 14.3 Å². The number of nitrogens with one attached hydrogen (secondary N) is 1. The van der Waals surface area contributed by atoms with Crippen LogP contribution in [0.1, 0.15) is 46.5 Å². The lowest BCUT2D eigenvalue weighted by Crippen LogP contribution is -2.37. The Morgan fingerprint density at radius 1 is 1.11 bits per heavy atom. The van der Waals surface area contributed by atoms with E-state index in [1.807, 2.05) is 45.0 Å². The van der Waals surface area contributed by atoms with Crippen LogP contribution >= 0.6 is 0 Å². The number of rotatable bonds is 11. The number of hydrogen-bond donors (Lipinski definition) is 1. The SMILES string of the molecule is CCOc1cccc(-c2nc3ncc(OCCCN4CCCCC4)cc3c(=O)n2CC(=O)NC(C)C)c1. The van der Waals surface area contributed by atoms with Crippen LogP contribution in [0.5, 0.6) is 11.5 Å². The first kappa shape index (κ1) is 26.6. The van der Waals surface area contributed by atoms with Gasteiger partial charge in [0.25, 0.3) is 5.56 Å². The van der Waals surface area contributed by atoms with Gasteiger partial charge in [-0.15, -0.1) is 0 Å². The first-order valence-electron chi connectivity index (χ1n) is 13.2. The Morgan fingerprint density at radius 3 is 2.68 bits per heavy atom. The molecule has 1 aliphatic heterocycles. The van der Waals surface area contributed by atoms with Gasteiger partial charge in [-0.05, 0) is 71.3 Å². The van der Waals surface area contributed by atoms with Crippen LogP contribution in [0.15, 0.2) is 41.3 Å². The second-order valence-corrected chi connectivity index (χ2v) is 9.66. The number of carbonyl (C=O) groups excluding carboxylic acids is 1. The van der Waals surface area contributed by atoms with Gasteiger partial charge in [-0.2, -0.15) is 0 Å². The van der Waals surface area contributed by atoms with E-state index >= 15 is 0 Å². The van der Waals surface area contributed by atoms with Crippen molar-refractivity contribution in [1.29, 1.82) is 0 Å². The molecule has 37 heavy (non-hydrogen) atoms. The van der Waals surface area contributed by atoms with Crippen molar-refractivity contribution in [2.45, 2.75) is 59.0 Å². The number of aromatic nitrogens is 3. The highest BCUT2D eigenvalue weighted by atomic mass is 16.5. The third-order valence-corrected chi connectivity index (χ3v) is 6.28. The Balaban J connectivity index is 1.61. The van der Waals surface area contributed by atoms with E-state index < -0.39 is 0 Å². The Kier molecular flexibility index (Phi) is 9.11. The molecule has 1 saturated heterocycles. The number of benzene rings is 1. The van der Waals surface area contributed by atoms with Gasteiger partial charge in [0.1, 0.15) is 23.9 Å². The summed E-state index contributed by atoms with van der Waals surface area (Å²) in [5, 5.41) is 3.17. The van der Waals surface area contributed by atoms with E-state index in [2.05, 4.69) is 15.2 Å². The molecular formula is C28H37N5O4. The molecule has 1 N–H and O–H groups in total. The third-order valence-electron chi connectivity index (χ3n) is 6.28. The summed E-state index contributed by atoms with van der Waals surface area (Å²) in [6.45, 7) is 9.88. The molecule has 3 aromatic rings. The van der Waals surface area contributed by atoms with Crippen LogP contribution in [0.3, 0.4) is 0 Å². The molecule has 0 bridgehead atoms. The van der Waals surface area contributed by atoms with Gasteiger partial charge >= 0.3 is 0 Å². The summed E-state index contributed by atoms with van der Waals surface area (Å²) < 4.78 is 13.0. The van der Waals surface area contributed by atoms with E-state index in [1.54, 1.807) is 12.3 Å². The summed E-state index contributed by atoms with van der Waals surface area (Å²) in [7, 11) is 0. The summed E-state index contributed by atoms with van der Waals surface area (Å²) in [6.07, 6.45) is 6.36. The number of carbonyl (C=O) groups is 1. The van der Waals surface area contributed by atoms with E-state index in [9.17, 15) is 9.59 Å². The lowest BCUT2D eigenvalue weighted by Gasteiger charge is -2.26. The molecule has 0 unspecified atom stereocenters. The van der Waals surface area contributed by atoms with Crippen molar-refractivity contribution in [3.05, 3.63) is 46.9 Å². The maximum atomic E-state index is 13.7. The molecule has 3 heterocycles. The fraction of sp³-hybridized carbons (Fsp3) is 0.500. The monoisotopic (exact) mass is 507 g/mol. The Hall–Kier alpha value is -3.46. The average Bonchev–Trinajstić information content (AvgIpc) is 2.89. The number of pyridine rings is 1. The maximum Gasteiger partial charge on any atom is 0.263 e. The predicted molar refractivity (Wildman–Crippen MR) is 144 cm³/mol. The third kappa shape index (κ3) is 7.07. The second kappa shape index (κ2) is 12.7. The van der Waals surface area contributed by atoms with Crippen molar-refractivity contribution in [1.82, 2.24) is 24.8 Å². The maximum absolute atomic E-state index is 13.7. The second-order valence-electron chi connectivity index (χ2n) is 9.66. The highest BCUT2D eigenvalue weighted by Gasteiger charge is 2.18. The van der Waals surface area contributed by atoms with Crippen molar-refractivity contribution >= 4 is 16.9 Å². The molecule has 9 nitrogen and oxygen atoms in total. The lowest BCUT2D eigenvalue weighted by atomic mass is 10.1. The Morgan fingerprint density at radius 2 is 1.92 bits per heavy atom. The predicted octanol–water partition coefficient (Wildman–Crippen LogP) is 3.64. The first-order valence-corrected chi connectivity index (χ1v) is 13.2. The summed E-state index contributed by atoms with van der Waals surface area (Å²) in [5.41, 5.74) is 0.636. The van der Waals surface area contributed by atoms with E-state index in [4.69, 9.17) is 14.5 Å². The number of fused-ring (bicyclic) bond motifs is 1. The molecule has 9 heteroatoms. The standard InChI is InChI=1S/C28H37N5O4/c1-4-36-22-11-8-10-21(16-22)27-31-26-24(28(35)33(27)19-25(34)30-20(2)3)17-23(18-29-26)37-15-9-14-32-12-6-5-7-13-32/h8,10-11,16-18,20H,4-7,9,12-15,19H2,1-3H3,(H,30,34). The Labute approximate surface area is 217 Å². The first-order chi connectivity index (χ1) is 17.9. The van der Waals surface area contributed by atoms with Gasteiger partial charge in [0.15, 0.2) is 5.65 Å². The van der Waals surface area contributed by atoms with E-state index in [-0.39, 0.29) is 24.1 Å². The topological polar surface area (TPSA) is 98.6 Å². The van der Waals surface area contributed by atoms with Crippen LogP contribution in [0.4, 0.5) is 0 Å². The zero-order valence-electron chi connectivity index (χ0n) is 22.0. The number of ether oxygens (including phenoxy) is 2. The molecule has 0 saturated carbocycles. The van der Waals surface area contributed by atoms with Gasteiger partial charge in [-0.1, -0.05) is 18.6 Å². The number of hydrogen-bond acceptors (Lipinski definition) is 7. The van der Waals surface area contributed by atoms with Crippen LogP contribution in [-0.4, -0.2) is 64.2 Å². The van der Waals surface area contributed by atoms with Crippen molar-refractivity contribution in [3.63, 3.8) is 0 Å². The van der Waals surface area contributed by atoms with Gasteiger partial charge in [-0.3, -0.25) is 14.2 Å². The molecule has 0 spiro atoms. The van der Waals surface area contributed by atoms with E-state index in [1.165, 1.54) is 23.8 Å². The van der Waals surface area contributed by atoms with Gasteiger partial charge < -0.3 is 19.7 Å².